The number of nitrogens with one attached hydrogen (secondary N) is 1. The summed E-state index contributed by atoms with van der Waals surface area (Å²) in [6, 6.07) is 0.507. The number of nitrogens with zero attached hydrogens (tertiary/aromatic N) is 2. The van der Waals surface area contributed by atoms with Crippen LogP contribution in [0.5, 0.6) is 0 Å². The molecule has 6 heteroatoms. The number of amides is 1. The highest BCUT2D eigenvalue weighted by Gasteiger charge is 2.21. The number of carbonyl (C=O) groups excluding carboxylic acids is 1. The van der Waals surface area contributed by atoms with Gasteiger partial charge in [-0.15, -0.1) is 0 Å². The Balaban J connectivity index is 2.11. The van der Waals surface area contributed by atoms with Crippen LogP contribution in [0.2, 0.25) is 0 Å². The Morgan fingerprint density at radius 3 is 2.75 bits per heavy atom. The van der Waals surface area contributed by atoms with E-state index in [0.29, 0.717) is 16.7 Å². The van der Waals surface area contributed by atoms with E-state index >= 15 is 0 Å². The normalized spacial score (nSPS) is 15.6. The average molecular weight is 240 g/mol. The SMILES string of the molecule is CN(C)C(=O)c1sc(NC2CCC2)nc1N. The maximum Gasteiger partial charge on any atom is 0.267 e. The highest BCUT2D eigenvalue weighted by Crippen LogP contribution is 2.29. The summed E-state index contributed by atoms with van der Waals surface area (Å²) in [6.07, 6.45) is 3.62. The van der Waals surface area contributed by atoms with Crippen LogP contribution in [-0.4, -0.2) is 35.9 Å². The fraction of sp³-hybridized carbons (Fsp3) is 0.600. The van der Waals surface area contributed by atoms with Crippen molar-refractivity contribution in [2.45, 2.75) is 25.3 Å². The van der Waals surface area contributed by atoms with Crippen molar-refractivity contribution >= 4 is 28.2 Å². The van der Waals surface area contributed by atoms with Gasteiger partial charge in [-0.3, -0.25) is 4.79 Å². The van der Waals surface area contributed by atoms with Crippen molar-refractivity contribution in [3.05, 3.63) is 4.88 Å². The predicted octanol–water partition coefficient (Wildman–Crippen LogP) is 1.39. The number of hydrogen-bond donors (Lipinski definition) is 2. The topological polar surface area (TPSA) is 71.2 Å². The summed E-state index contributed by atoms with van der Waals surface area (Å²) in [7, 11) is 3.42. The minimum absolute atomic E-state index is 0.0864. The lowest BCUT2D eigenvalue weighted by Gasteiger charge is -2.25. The summed E-state index contributed by atoms with van der Waals surface area (Å²) < 4.78 is 0. The average Bonchev–Trinajstić information content (AvgIpc) is 2.52. The minimum Gasteiger partial charge on any atom is -0.382 e. The number of anilines is 2. The van der Waals surface area contributed by atoms with E-state index in [1.54, 1.807) is 14.1 Å². The molecule has 0 aliphatic heterocycles. The summed E-state index contributed by atoms with van der Waals surface area (Å²) in [5.74, 6) is 0.238. The van der Waals surface area contributed by atoms with Gasteiger partial charge in [0.25, 0.3) is 5.91 Å². The first-order valence-electron chi connectivity index (χ1n) is 5.32. The zero-order chi connectivity index (χ0) is 11.7. The van der Waals surface area contributed by atoms with E-state index in [-0.39, 0.29) is 5.91 Å². The Hall–Kier alpha value is -1.30. The van der Waals surface area contributed by atoms with Crippen LogP contribution in [0.15, 0.2) is 0 Å². The molecule has 0 unspecified atom stereocenters. The van der Waals surface area contributed by atoms with Crippen molar-refractivity contribution in [2.75, 3.05) is 25.1 Å². The largest absolute Gasteiger partial charge is 0.382 e. The van der Waals surface area contributed by atoms with Gasteiger partial charge in [0.05, 0.1) is 0 Å². The second-order valence-corrected chi connectivity index (χ2v) is 5.20. The molecule has 1 aromatic rings. The van der Waals surface area contributed by atoms with Gasteiger partial charge in [0.1, 0.15) is 10.7 Å². The molecule has 5 nitrogen and oxygen atoms in total. The van der Waals surface area contributed by atoms with E-state index in [0.717, 1.165) is 5.13 Å². The molecule has 0 spiro atoms. The van der Waals surface area contributed by atoms with Crippen LogP contribution in [0.1, 0.15) is 28.9 Å². The van der Waals surface area contributed by atoms with Crippen LogP contribution in [0.3, 0.4) is 0 Å². The Bertz CT molecular complexity index is 398. The maximum absolute atomic E-state index is 11.7. The van der Waals surface area contributed by atoms with Gasteiger partial charge in [-0.1, -0.05) is 11.3 Å². The first-order chi connectivity index (χ1) is 7.58. The predicted molar refractivity (Wildman–Crippen MR) is 65.8 cm³/mol. The Kier molecular flexibility index (Phi) is 3.00. The van der Waals surface area contributed by atoms with Crippen molar-refractivity contribution in [3.8, 4) is 0 Å². The number of hydrogen-bond acceptors (Lipinski definition) is 5. The standard InChI is InChI=1S/C10H16N4OS/c1-14(2)9(15)7-8(11)13-10(16-7)12-6-4-3-5-6/h6H,3-5,11H2,1-2H3,(H,12,13). The molecular formula is C10H16N4OS. The lowest BCUT2D eigenvalue weighted by molar-refractivity contribution is 0.0833. The molecular weight excluding hydrogens is 224 g/mol. The van der Waals surface area contributed by atoms with Gasteiger partial charge >= 0.3 is 0 Å². The van der Waals surface area contributed by atoms with E-state index in [1.807, 2.05) is 0 Å². The molecule has 3 N–H and O–H groups in total. The molecule has 1 aliphatic rings. The van der Waals surface area contributed by atoms with E-state index in [9.17, 15) is 4.79 Å². The quantitative estimate of drug-likeness (QED) is 0.837. The first kappa shape index (κ1) is 11.2. The summed E-state index contributed by atoms with van der Waals surface area (Å²) in [4.78, 5) is 17.9. The van der Waals surface area contributed by atoms with Crippen molar-refractivity contribution < 1.29 is 4.79 Å². The van der Waals surface area contributed by atoms with Gasteiger partial charge in [0.2, 0.25) is 0 Å². The van der Waals surface area contributed by atoms with E-state index < -0.39 is 0 Å². The van der Waals surface area contributed by atoms with Gasteiger partial charge in [-0.2, -0.15) is 0 Å². The molecule has 2 rings (SSSR count). The molecule has 1 aromatic heterocycles. The van der Waals surface area contributed by atoms with Crippen LogP contribution in [-0.2, 0) is 0 Å². The van der Waals surface area contributed by atoms with Crippen LogP contribution in [0, 0.1) is 0 Å². The highest BCUT2D eigenvalue weighted by atomic mass is 32.1. The molecule has 1 saturated carbocycles. The molecule has 1 amide bonds. The van der Waals surface area contributed by atoms with E-state index in [1.165, 1.54) is 35.5 Å². The number of nitrogens with two attached hydrogens (primary N) is 1. The van der Waals surface area contributed by atoms with Gasteiger partial charge in [0, 0.05) is 20.1 Å². The van der Waals surface area contributed by atoms with Crippen LogP contribution >= 0.6 is 11.3 Å². The number of rotatable bonds is 3. The molecule has 0 aromatic carbocycles. The molecule has 1 aliphatic carbocycles. The van der Waals surface area contributed by atoms with Gasteiger partial charge in [-0.05, 0) is 19.3 Å². The third-order valence-corrected chi connectivity index (χ3v) is 3.68. The molecule has 16 heavy (non-hydrogen) atoms. The third kappa shape index (κ3) is 2.11. The molecule has 0 bridgehead atoms. The fourth-order valence-electron chi connectivity index (χ4n) is 1.48. The van der Waals surface area contributed by atoms with Crippen LogP contribution in [0.25, 0.3) is 0 Å². The number of thiazole rings is 1. The molecule has 0 saturated heterocycles. The van der Waals surface area contributed by atoms with Gasteiger partial charge in [-0.25, -0.2) is 4.98 Å². The van der Waals surface area contributed by atoms with Gasteiger partial charge < -0.3 is 16.0 Å². The smallest absolute Gasteiger partial charge is 0.267 e. The zero-order valence-corrected chi connectivity index (χ0v) is 10.3. The fourth-order valence-corrected chi connectivity index (χ4v) is 2.46. The molecule has 0 radical (unpaired) electrons. The van der Waals surface area contributed by atoms with E-state index in [4.69, 9.17) is 5.73 Å². The summed E-state index contributed by atoms with van der Waals surface area (Å²) in [5.41, 5.74) is 5.73. The first-order valence-corrected chi connectivity index (χ1v) is 6.14. The van der Waals surface area contributed by atoms with Crippen molar-refractivity contribution in [1.29, 1.82) is 0 Å². The van der Waals surface area contributed by atoms with Crippen LogP contribution in [0.4, 0.5) is 10.9 Å². The summed E-state index contributed by atoms with van der Waals surface area (Å²) in [5, 5.41) is 4.05. The summed E-state index contributed by atoms with van der Waals surface area (Å²) >= 11 is 1.34. The van der Waals surface area contributed by atoms with Crippen molar-refractivity contribution in [2.24, 2.45) is 0 Å². The Morgan fingerprint density at radius 1 is 1.56 bits per heavy atom. The monoisotopic (exact) mass is 240 g/mol. The number of carbonyl (C=O) groups is 1. The Labute approximate surface area is 98.7 Å². The molecule has 88 valence electrons. The maximum atomic E-state index is 11.7. The lowest BCUT2D eigenvalue weighted by Crippen LogP contribution is -2.26. The second-order valence-electron chi connectivity index (χ2n) is 4.21. The number of nitrogen functional groups attached to an aromatic ring is 1. The molecule has 0 atom stereocenters. The highest BCUT2D eigenvalue weighted by molar-refractivity contribution is 7.18. The van der Waals surface area contributed by atoms with Gasteiger partial charge in [0.15, 0.2) is 5.13 Å². The Morgan fingerprint density at radius 2 is 2.25 bits per heavy atom. The van der Waals surface area contributed by atoms with Crippen molar-refractivity contribution in [3.63, 3.8) is 0 Å². The third-order valence-electron chi connectivity index (χ3n) is 2.69. The second kappa shape index (κ2) is 4.29. The molecule has 1 fully saturated rings. The summed E-state index contributed by atoms with van der Waals surface area (Å²) in [6.45, 7) is 0. The van der Waals surface area contributed by atoms with Crippen molar-refractivity contribution in [1.82, 2.24) is 9.88 Å². The van der Waals surface area contributed by atoms with E-state index in [2.05, 4.69) is 10.3 Å². The zero-order valence-electron chi connectivity index (χ0n) is 9.49. The lowest BCUT2D eigenvalue weighted by atomic mass is 9.93. The van der Waals surface area contributed by atoms with Crippen LogP contribution < -0.4 is 11.1 Å². The molecule has 1 heterocycles. The number of aromatic nitrogens is 1. The minimum atomic E-state index is -0.0864.